The van der Waals surface area contributed by atoms with E-state index in [1.165, 1.54) is 6.07 Å². The standard InChI is InChI=1S/C17H17BrFNO/c18-11-5-7-12(8-6-11)20-17(21)15-9-10-16(19)14-4-2-1-3-13(14)15/h1-4,9-12H,5-8H2,(H,20,21). The van der Waals surface area contributed by atoms with Crippen LogP contribution in [0.25, 0.3) is 10.8 Å². The number of alkyl halides is 1. The lowest BCUT2D eigenvalue weighted by Gasteiger charge is -2.26. The molecule has 1 amide bonds. The first-order chi connectivity index (χ1) is 10.1. The van der Waals surface area contributed by atoms with Gasteiger partial charge in [0.1, 0.15) is 5.82 Å². The molecule has 2 aromatic carbocycles. The summed E-state index contributed by atoms with van der Waals surface area (Å²) in [5.41, 5.74) is 0.549. The molecule has 21 heavy (non-hydrogen) atoms. The van der Waals surface area contributed by atoms with Gasteiger partial charge in [-0.3, -0.25) is 4.79 Å². The molecule has 0 saturated heterocycles. The van der Waals surface area contributed by atoms with Crippen molar-refractivity contribution >= 4 is 32.6 Å². The molecule has 0 heterocycles. The van der Waals surface area contributed by atoms with Gasteiger partial charge in [-0.15, -0.1) is 0 Å². The highest BCUT2D eigenvalue weighted by molar-refractivity contribution is 9.09. The van der Waals surface area contributed by atoms with Gasteiger partial charge in [0.05, 0.1) is 0 Å². The summed E-state index contributed by atoms with van der Waals surface area (Å²) in [7, 11) is 0. The molecule has 1 aliphatic rings. The van der Waals surface area contributed by atoms with Crippen LogP contribution in [0.1, 0.15) is 36.0 Å². The van der Waals surface area contributed by atoms with Crippen LogP contribution in [0.2, 0.25) is 0 Å². The molecule has 4 heteroatoms. The van der Waals surface area contributed by atoms with E-state index in [0.29, 0.717) is 21.2 Å². The minimum atomic E-state index is -0.290. The zero-order valence-electron chi connectivity index (χ0n) is 11.6. The number of amides is 1. The van der Waals surface area contributed by atoms with Crippen molar-refractivity contribution in [3.05, 3.63) is 47.8 Å². The molecular weight excluding hydrogens is 333 g/mol. The Bertz CT molecular complexity index is 665. The Balaban J connectivity index is 1.83. The minimum Gasteiger partial charge on any atom is -0.349 e. The third kappa shape index (κ3) is 3.10. The van der Waals surface area contributed by atoms with E-state index in [2.05, 4.69) is 21.2 Å². The molecule has 2 aromatic rings. The largest absolute Gasteiger partial charge is 0.349 e. The molecule has 0 aliphatic heterocycles. The highest BCUT2D eigenvalue weighted by atomic mass is 79.9. The third-order valence-corrected chi connectivity index (χ3v) is 5.02. The fraction of sp³-hybridized carbons (Fsp3) is 0.353. The van der Waals surface area contributed by atoms with Crippen molar-refractivity contribution < 1.29 is 9.18 Å². The van der Waals surface area contributed by atoms with Crippen molar-refractivity contribution in [2.75, 3.05) is 0 Å². The van der Waals surface area contributed by atoms with Crippen molar-refractivity contribution in [1.29, 1.82) is 0 Å². The van der Waals surface area contributed by atoms with E-state index >= 15 is 0 Å². The van der Waals surface area contributed by atoms with Gasteiger partial charge in [0.2, 0.25) is 0 Å². The summed E-state index contributed by atoms with van der Waals surface area (Å²) in [6.07, 6.45) is 4.13. The first kappa shape index (κ1) is 14.5. The molecule has 0 aromatic heterocycles. The maximum absolute atomic E-state index is 13.8. The Morgan fingerprint density at radius 2 is 1.71 bits per heavy atom. The number of carbonyl (C=O) groups is 1. The molecule has 0 unspecified atom stereocenters. The van der Waals surface area contributed by atoms with Crippen LogP contribution in [0.3, 0.4) is 0 Å². The van der Waals surface area contributed by atoms with Gasteiger partial charge in [-0.05, 0) is 43.2 Å². The quantitative estimate of drug-likeness (QED) is 0.799. The maximum atomic E-state index is 13.8. The third-order valence-electron chi connectivity index (χ3n) is 4.11. The number of hydrogen-bond acceptors (Lipinski definition) is 1. The fourth-order valence-corrected chi connectivity index (χ4v) is 3.45. The van der Waals surface area contributed by atoms with E-state index in [1.54, 1.807) is 24.3 Å². The highest BCUT2D eigenvalue weighted by Crippen LogP contribution is 2.26. The molecule has 0 radical (unpaired) electrons. The number of fused-ring (bicyclic) bond motifs is 1. The van der Waals surface area contributed by atoms with Gasteiger partial charge in [-0.2, -0.15) is 0 Å². The van der Waals surface area contributed by atoms with Crippen LogP contribution < -0.4 is 5.32 Å². The van der Waals surface area contributed by atoms with E-state index in [9.17, 15) is 9.18 Å². The van der Waals surface area contributed by atoms with Crippen LogP contribution in [0.4, 0.5) is 4.39 Å². The molecule has 1 fully saturated rings. The molecule has 3 rings (SSSR count). The summed E-state index contributed by atoms with van der Waals surface area (Å²) >= 11 is 3.61. The Kier molecular flexibility index (Phi) is 4.24. The second kappa shape index (κ2) is 6.14. The average molecular weight is 350 g/mol. The second-order valence-electron chi connectivity index (χ2n) is 5.56. The lowest BCUT2D eigenvalue weighted by atomic mass is 9.94. The van der Waals surface area contributed by atoms with Gasteiger partial charge >= 0.3 is 0 Å². The predicted octanol–water partition coefficient (Wildman–Crippen LogP) is 4.41. The molecule has 2 nitrogen and oxygen atoms in total. The minimum absolute atomic E-state index is 0.107. The van der Waals surface area contributed by atoms with Crippen molar-refractivity contribution in [3.63, 3.8) is 0 Å². The molecule has 1 aliphatic carbocycles. The summed E-state index contributed by atoms with van der Waals surface area (Å²) in [5, 5.41) is 4.25. The van der Waals surface area contributed by atoms with Crippen LogP contribution in [-0.4, -0.2) is 16.8 Å². The van der Waals surface area contributed by atoms with E-state index in [4.69, 9.17) is 0 Å². The number of rotatable bonds is 2. The van der Waals surface area contributed by atoms with Gasteiger partial charge in [0, 0.05) is 21.8 Å². The fourth-order valence-electron chi connectivity index (χ4n) is 2.92. The molecule has 1 N–H and O–H groups in total. The average Bonchev–Trinajstić information content (AvgIpc) is 2.50. The second-order valence-corrected chi connectivity index (χ2v) is 6.86. The lowest BCUT2D eigenvalue weighted by Crippen LogP contribution is -2.37. The maximum Gasteiger partial charge on any atom is 0.252 e. The van der Waals surface area contributed by atoms with Crippen LogP contribution in [-0.2, 0) is 0 Å². The number of nitrogens with one attached hydrogen (secondary N) is 1. The van der Waals surface area contributed by atoms with E-state index in [1.807, 2.05) is 6.07 Å². The summed E-state index contributed by atoms with van der Waals surface area (Å²) in [4.78, 5) is 13.0. The van der Waals surface area contributed by atoms with Crippen molar-refractivity contribution in [1.82, 2.24) is 5.32 Å². The zero-order valence-corrected chi connectivity index (χ0v) is 13.2. The summed E-state index contributed by atoms with van der Waals surface area (Å²) in [6, 6.07) is 10.3. The van der Waals surface area contributed by atoms with Crippen LogP contribution in [0.15, 0.2) is 36.4 Å². The van der Waals surface area contributed by atoms with Gasteiger partial charge in [-0.25, -0.2) is 4.39 Å². The number of carbonyl (C=O) groups excluding carboxylic acids is 1. The summed E-state index contributed by atoms with van der Waals surface area (Å²) < 4.78 is 13.8. The Morgan fingerprint density at radius 1 is 1.05 bits per heavy atom. The molecule has 1 saturated carbocycles. The van der Waals surface area contributed by atoms with Gasteiger partial charge in [0.15, 0.2) is 0 Å². The lowest BCUT2D eigenvalue weighted by molar-refractivity contribution is 0.0930. The Labute approximate surface area is 131 Å². The smallest absolute Gasteiger partial charge is 0.252 e. The first-order valence-electron chi connectivity index (χ1n) is 7.27. The number of halogens is 2. The topological polar surface area (TPSA) is 29.1 Å². The zero-order chi connectivity index (χ0) is 14.8. The van der Waals surface area contributed by atoms with Crippen molar-refractivity contribution in [2.45, 2.75) is 36.6 Å². The van der Waals surface area contributed by atoms with E-state index < -0.39 is 0 Å². The van der Waals surface area contributed by atoms with Crippen LogP contribution in [0.5, 0.6) is 0 Å². The van der Waals surface area contributed by atoms with Crippen LogP contribution in [0, 0.1) is 5.82 Å². The van der Waals surface area contributed by atoms with Gasteiger partial charge in [0.25, 0.3) is 5.91 Å². The molecular formula is C17H17BrFNO. The summed E-state index contributed by atoms with van der Waals surface area (Å²) in [5.74, 6) is -0.397. The van der Waals surface area contributed by atoms with Crippen molar-refractivity contribution in [3.8, 4) is 0 Å². The van der Waals surface area contributed by atoms with Gasteiger partial charge < -0.3 is 5.32 Å². The first-order valence-corrected chi connectivity index (χ1v) is 8.19. The monoisotopic (exact) mass is 349 g/mol. The normalized spacial score (nSPS) is 22.2. The highest BCUT2D eigenvalue weighted by Gasteiger charge is 2.22. The molecule has 0 bridgehead atoms. The van der Waals surface area contributed by atoms with E-state index in [-0.39, 0.29) is 17.8 Å². The summed E-state index contributed by atoms with van der Waals surface area (Å²) in [6.45, 7) is 0. The van der Waals surface area contributed by atoms with Crippen molar-refractivity contribution in [2.24, 2.45) is 0 Å². The molecule has 110 valence electrons. The number of hydrogen-bond donors (Lipinski definition) is 1. The number of benzene rings is 2. The Morgan fingerprint density at radius 3 is 2.43 bits per heavy atom. The Hall–Kier alpha value is -1.42. The van der Waals surface area contributed by atoms with E-state index in [0.717, 1.165) is 25.7 Å². The van der Waals surface area contributed by atoms with Gasteiger partial charge in [-0.1, -0.05) is 40.2 Å². The SMILES string of the molecule is O=C(NC1CCC(Br)CC1)c1ccc(F)c2ccccc12. The predicted molar refractivity (Wildman–Crippen MR) is 86.3 cm³/mol. The molecule has 0 spiro atoms. The molecule has 0 atom stereocenters. The van der Waals surface area contributed by atoms with Crippen LogP contribution >= 0.6 is 15.9 Å².